The van der Waals surface area contributed by atoms with Crippen molar-refractivity contribution in [2.45, 2.75) is 239 Å². The van der Waals surface area contributed by atoms with Crippen LogP contribution in [0.4, 0.5) is 0 Å². The molecule has 15 heteroatoms. The van der Waals surface area contributed by atoms with Crippen molar-refractivity contribution in [2.75, 3.05) is 13.7 Å². The van der Waals surface area contributed by atoms with Crippen molar-refractivity contribution >= 4 is 20.1 Å². The number of carbonyl (C=O) groups excluding carboxylic acids is 2. The fourth-order valence-corrected chi connectivity index (χ4v) is 15.1. The molecule has 20 atom stereocenters. The molecule has 69 heavy (non-hydrogen) atoms. The van der Waals surface area contributed by atoms with E-state index in [0.29, 0.717) is 49.7 Å². The maximum atomic E-state index is 13.8. The summed E-state index contributed by atoms with van der Waals surface area (Å²) in [4.78, 5) is 29.0. The Morgan fingerprint density at radius 2 is 1.46 bits per heavy atom. The van der Waals surface area contributed by atoms with Gasteiger partial charge < -0.3 is 52.2 Å². The van der Waals surface area contributed by atoms with E-state index in [4.69, 9.17) is 47.1 Å². The highest BCUT2D eigenvalue weighted by molar-refractivity contribution is 6.74. The second-order valence-electron chi connectivity index (χ2n) is 24.0. The molecule has 1 aromatic carbocycles. The number of amides is 2. The number of fused-ring (bicyclic) bond motifs is 7. The molecule has 0 aromatic heterocycles. The van der Waals surface area contributed by atoms with Gasteiger partial charge in [-0.3, -0.25) is 14.5 Å². The number of hydrogen-bond acceptors (Lipinski definition) is 13. The molecule has 1 N–H and O–H groups in total. The lowest BCUT2D eigenvalue weighted by Gasteiger charge is -2.47. The Bertz CT molecular complexity index is 2110. The minimum atomic E-state index is -2.45. The van der Waals surface area contributed by atoms with Gasteiger partial charge in [0.25, 0.3) is 11.8 Å². The maximum absolute atomic E-state index is 13.8. The van der Waals surface area contributed by atoms with E-state index in [2.05, 4.69) is 53.9 Å². The average Bonchev–Trinajstić information content (AvgIpc) is 4.03. The number of ether oxygens (including phenoxy) is 9. The van der Waals surface area contributed by atoms with Crippen LogP contribution >= 0.6 is 0 Å². The van der Waals surface area contributed by atoms with Crippen LogP contribution in [-0.2, 0) is 47.1 Å². The number of rotatable bonds is 7. The molecule has 10 saturated heterocycles. The number of hydrogen-bond donors (Lipinski definition) is 1. The lowest BCUT2D eigenvalue weighted by Crippen LogP contribution is -2.61. The Kier molecular flexibility index (Phi) is 13.1. The average molecular weight is 976 g/mol. The molecule has 0 saturated carbocycles. The molecular formula is C54H77NO13Si. The molecule has 12 rings (SSSR count). The van der Waals surface area contributed by atoms with Gasteiger partial charge in [-0.1, -0.05) is 53.0 Å². The summed E-state index contributed by atoms with van der Waals surface area (Å²) in [5.74, 6) is -1.42. The van der Waals surface area contributed by atoms with E-state index in [1.807, 2.05) is 0 Å². The molecular weight excluding hydrogens is 899 g/mol. The Balaban J connectivity index is 0.881. The number of aliphatic hydroxyl groups excluding tert-OH is 1. The third-order valence-electron chi connectivity index (χ3n) is 18.4. The van der Waals surface area contributed by atoms with Crippen LogP contribution in [0.25, 0.3) is 0 Å². The Morgan fingerprint density at radius 1 is 0.783 bits per heavy atom. The van der Waals surface area contributed by atoms with Gasteiger partial charge >= 0.3 is 0 Å². The van der Waals surface area contributed by atoms with E-state index < -0.39 is 38.5 Å². The van der Waals surface area contributed by atoms with Crippen LogP contribution in [0.3, 0.4) is 0 Å². The molecule has 12 bridgehead atoms. The van der Waals surface area contributed by atoms with Gasteiger partial charge in [-0.25, -0.2) is 0 Å². The van der Waals surface area contributed by atoms with Crippen molar-refractivity contribution in [3.63, 3.8) is 0 Å². The first-order valence-corrected chi connectivity index (χ1v) is 29.3. The summed E-state index contributed by atoms with van der Waals surface area (Å²) in [6.07, 6.45) is 4.12. The third-order valence-corrected chi connectivity index (χ3v) is 22.9. The number of benzene rings is 1. The third kappa shape index (κ3) is 9.02. The van der Waals surface area contributed by atoms with Gasteiger partial charge in [-0.15, -0.1) is 0 Å². The van der Waals surface area contributed by atoms with Gasteiger partial charge in [-0.05, 0) is 105 Å². The number of carbonyl (C=O) groups is 2. The van der Waals surface area contributed by atoms with Gasteiger partial charge in [0, 0.05) is 38.7 Å². The van der Waals surface area contributed by atoms with Crippen molar-refractivity contribution in [2.24, 2.45) is 11.8 Å². The van der Waals surface area contributed by atoms with Gasteiger partial charge in [-0.2, -0.15) is 0 Å². The van der Waals surface area contributed by atoms with E-state index in [0.717, 1.165) is 56.1 Å². The first kappa shape index (κ1) is 48.9. The van der Waals surface area contributed by atoms with Crippen molar-refractivity contribution in [3.8, 4) is 0 Å². The zero-order chi connectivity index (χ0) is 48.3. The molecule has 1 aromatic rings. The molecule has 2 amide bonds. The standard InChI is InChI=1S/C54H77NO13Si/c1-28-20-32-14-16-39-29(2)21-34(60-39)18-19-54-26-44-47(66-54)48-49(65-44)50(67-54)46-40(64-48)17-15-33(62-46)22-31(56)23-38-42(25-41(61-32)30(28)3)63-43(45(38)59-7)24-35(68-69(8,9)53(4,5)6)27-55-51(57)36-12-10-11-13-37(36)52(55)58/h10-13,28,31-35,38-50,56H,2-3,14-27H2,1,4-9H3/t28-,31?,32+,33?,34+,35+,38+,39?,40+,41?,42+,43?,44+,45-,46+,47?,48+,49-,50+,54+/m1/s1. The van der Waals surface area contributed by atoms with Crippen molar-refractivity contribution < 1.29 is 61.8 Å². The highest BCUT2D eigenvalue weighted by Gasteiger charge is 2.69. The smallest absolute Gasteiger partial charge is 0.261 e. The quantitative estimate of drug-likeness (QED) is 0.163. The van der Waals surface area contributed by atoms with Crippen LogP contribution in [0.5, 0.6) is 0 Å². The van der Waals surface area contributed by atoms with Gasteiger partial charge in [0.1, 0.15) is 30.5 Å². The highest BCUT2D eigenvalue weighted by Crippen LogP contribution is 2.55. The van der Waals surface area contributed by atoms with E-state index in [-0.39, 0.29) is 115 Å². The summed E-state index contributed by atoms with van der Waals surface area (Å²) in [5, 5.41) is 12.1. The molecule has 0 radical (unpaired) electrons. The summed E-state index contributed by atoms with van der Waals surface area (Å²) in [7, 11) is -0.732. The minimum Gasteiger partial charge on any atom is -0.412 e. The zero-order valence-electron chi connectivity index (χ0n) is 41.9. The van der Waals surface area contributed by atoms with Crippen LogP contribution < -0.4 is 0 Å². The molecule has 10 fully saturated rings. The van der Waals surface area contributed by atoms with Crippen molar-refractivity contribution in [1.82, 2.24) is 4.90 Å². The SMILES string of the molecule is C=C1C[C@@H]2CC[C@@]34C[C@@H]5O[C@H]6[C@@H](O3)[C@H]3OC(CC[C@@H]3O[C@H]6C5O4)CC(O)C[C@H]3[C@H](CC4O[C@@H](CCC1O2)C[C@@H](C)C4=C)OC(C[C@@H](CN1C(=O)c2ccccc2C1=O)O[Si](C)(C)C(C)(C)C)[C@@H]3OC. The van der Waals surface area contributed by atoms with Crippen LogP contribution in [0, 0.1) is 11.8 Å². The van der Waals surface area contributed by atoms with Crippen LogP contribution in [0.15, 0.2) is 48.6 Å². The van der Waals surface area contributed by atoms with E-state index in [1.165, 1.54) is 4.90 Å². The lowest BCUT2D eigenvalue weighted by atomic mass is 9.81. The molecule has 380 valence electrons. The largest absolute Gasteiger partial charge is 0.412 e. The molecule has 6 unspecified atom stereocenters. The molecule has 11 heterocycles. The topological polar surface area (TPSA) is 150 Å². The lowest BCUT2D eigenvalue weighted by molar-refractivity contribution is -0.294. The van der Waals surface area contributed by atoms with Crippen molar-refractivity contribution in [1.29, 1.82) is 0 Å². The van der Waals surface area contributed by atoms with Crippen LogP contribution in [0.1, 0.15) is 132 Å². The Hall–Kier alpha value is -2.38. The van der Waals surface area contributed by atoms with E-state index in [1.54, 1.807) is 31.4 Å². The van der Waals surface area contributed by atoms with Crippen LogP contribution in [0.2, 0.25) is 18.1 Å². The van der Waals surface area contributed by atoms with Crippen molar-refractivity contribution in [3.05, 3.63) is 59.7 Å². The second kappa shape index (κ2) is 18.5. The summed E-state index contributed by atoms with van der Waals surface area (Å²) in [5.41, 5.74) is 3.00. The number of aliphatic hydroxyl groups is 1. The number of methoxy groups -OCH3 is 1. The first-order valence-electron chi connectivity index (χ1n) is 26.4. The molecule has 0 aliphatic carbocycles. The summed E-state index contributed by atoms with van der Waals surface area (Å²) in [6, 6.07) is 7.00. The molecule has 1 spiro atoms. The number of imide groups is 1. The minimum absolute atomic E-state index is 0.000633. The highest BCUT2D eigenvalue weighted by atomic mass is 28.4. The predicted molar refractivity (Wildman–Crippen MR) is 256 cm³/mol. The van der Waals surface area contributed by atoms with E-state index >= 15 is 0 Å². The Labute approximate surface area is 409 Å². The maximum Gasteiger partial charge on any atom is 0.261 e. The fraction of sp³-hybridized carbons (Fsp3) is 0.778. The normalized spacial score (nSPS) is 44.8. The summed E-state index contributed by atoms with van der Waals surface area (Å²) < 4.78 is 69.0. The molecule has 11 aliphatic rings. The summed E-state index contributed by atoms with van der Waals surface area (Å²) >= 11 is 0. The van der Waals surface area contributed by atoms with E-state index in [9.17, 15) is 14.7 Å². The van der Waals surface area contributed by atoms with Crippen LogP contribution in [-0.4, -0.2) is 153 Å². The zero-order valence-corrected chi connectivity index (χ0v) is 42.9. The summed E-state index contributed by atoms with van der Waals surface area (Å²) in [6.45, 7) is 22.4. The fourth-order valence-electron chi connectivity index (χ4n) is 13.7. The van der Waals surface area contributed by atoms with Gasteiger partial charge in [0.2, 0.25) is 0 Å². The Morgan fingerprint density at radius 3 is 2.20 bits per heavy atom. The van der Waals surface area contributed by atoms with Gasteiger partial charge in [0.15, 0.2) is 14.1 Å². The predicted octanol–water partition coefficient (Wildman–Crippen LogP) is 7.60. The van der Waals surface area contributed by atoms with Gasteiger partial charge in [0.05, 0.1) is 90.9 Å². The molecule has 14 nitrogen and oxygen atoms in total. The first-order chi connectivity index (χ1) is 32.9. The molecule has 11 aliphatic heterocycles. The monoisotopic (exact) mass is 976 g/mol. The second-order valence-corrected chi connectivity index (χ2v) is 28.7. The number of nitrogens with zero attached hydrogens (tertiary/aromatic N) is 1.